The molecule has 0 fully saturated rings. The van der Waals surface area contributed by atoms with Gasteiger partial charge in [-0.3, -0.25) is 4.79 Å². The number of aromatic nitrogens is 2. The molecule has 2 aromatic rings. The zero-order valence-corrected chi connectivity index (χ0v) is 13.4. The Morgan fingerprint density at radius 2 is 1.95 bits per heavy atom. The van der Waals surface area contributed by atoms with Crippen LogP contribution in [0.25, 0.3) is 0 Å². The maximum Gasteiger partial charge on any atom is 0.235 e. The first-order valence-electron chi connectivity index (χ1n) is 6.52. The molecule has 7 heteroatoms. The first-order valence-corrected chi connectivity index (χ1v) is 7.88. The van der Waals surface area contributed by atoms with Crippen LogP contribution in [0, 0.1) is 0 Å². The lowest BCUT2D eigenvalue weighted by molar-refractivity contribution is -0.127. The van der Waals surface area contributed by atoms with Crippen molar-refractivity contribution in [1.29, 1.82) is 0 Å². The van der Waals surface area contributed by atoms with Crippen LogP contribution < -0.4 is 0 Å². The number of amides is 1. The van der Waals surface area contributed by atoms with Gasteiger partial charge in [0.05, 0.1) is 12.3 Å². The summed E-state index contributed by atoms with van der Waals surface area (Å²) in [5, 5.41) is 8.47. The Morgan fingerprint density at radius 3 is 2.57 bits per heavy atom. The molecule has 1 amide bonds. The summed E-state index contributed by atoms with van der Waals surface area (Å²) in [6, 6.07) is 7.41. The number of halogens is 1. The van der Waals surface area contributed by atoms with Crippen molar-refractivity contribution in [1.82, 2.24) is 15.1 Å². The third-order valence-corrected chi connectivity index (χ3v) is 4.03. The molecule has 5 nitrogen and oxygen atoms in total. The molecular formula is C14H16ClN3O2S. The van der Waals surface area contributed by atoms with Crippen LogP contribution in [0.3, 0.4) is 0 Å². The van der Waals surface area contributed by atoms with Gasteiger partial charge in [0.1, 0.15) is 0 Å². The minimum Gasteiger partial charge on any atom is -0.423 e. The van der Waals surface area contributed by atoms with E-state index in [0.717, 1.165) is 4.90 Å². The van der Waals surface area contributed by atoms with Gasteiger partial charge in [0.2, 0.25) is 17.7 Å². The van der Waals surface area contributed by atoms with Crippen molar-refractivity contribution in [2.75, 3.05) is 12.8 Å². The number of nitrogens with zero attached hydrogens (tertiary/aromatic N) is 3. The summed E-state index contributed by atoms with van der Waals surface area (Å²) in [6.07, 6.45) is 0.692. The molecule has 0 aliphatic rings. The molecule has 112 valence electrons. The summed E-state index contributed by atoms with van der Waals surface area (Å²) in [5.74, 6) is 1.40. The van der Waals surface area contributed by atoms with Gasteiger partial charge >= 0.3 is 0 Å². The number of carbonyl (C=O) groups is 1. The Kier molecular flexibility index (Phi) is 5.64. The first-order chi connectivity index (χ1) is 10.1. The van der Waals surface area contributed by atoms with E-state index in [-0.39, 0.29) is 5.91 Å². The number of benzene rings is 1. The predicted molar refractivity (Wildman–Crippen MR) is 82.3 cm³/mol. The monoisotopic (exact) mass is 325 g/mol. The molecule has 0 aliphatic heterocycles. The highest BCUT2D eigenvalue weighted by Gasteiger charge is 2.13. The van der Waals surface area contributed by atoms with Gasteiger partial charge in [0, 0.05) is 23.4 Å². The molecular weight excluding hydrogens is 310 g/mol. The quantitative estimate of drug-likeness (QED) is 0.764. The van der Waals surface area contributed by atoms with Gasteiger partial charge in [0.25, 0.3) is 0 Å². The minimum absolute atomic E-state index is 0.00574. The van der Waals surface area contributed by atoms with Crippen LogP contribution in [-0.4, -0.2) is 33.8 Å². The Bertz CT molecular complexity index is 601. The molecule has 0 aliphatic carbocycles. The zero-order chi connectivity index (χ0) is 15.2. The molecule has 0 radical (unpaired) electrons. The third-order valence-electron chi connectivity index (χ3n) is 2.79. The molecule has 0 unspecified atom stereocenters. The third kappa shape index (κ3) is 4.75. The maximum atomic E-state index is 12.1. The van der Waals surface area contributed by atoms with E-state index < -0.39 is 0 Å². The molecule has 0 spiro atoms. The number of thioether (sulfide) groups is 1. The molecule has 21 heavy (non-hydrogen) atoms. The average molecular weight is 326 g/mol. The topological polar surface area (TPSA) is 59.2 Å². The Hall–Kier alpha value is -1.53. The lowest BCUT2D eigenvalue weighted by Gasteiger charge is -2.14. The summed E-state index contributed by atoms with van der Waals surface area (Å²) in [4.78, 5) is 14.6. The minimum atomic E-state index is 0.00574. The van der Waals surface area contributed by atoms with Gasteiger partial charge in [0.15, 0.2) is 0 Å². The highest BCUT2D eigenvalue weighted by Crippen LogP contribution is 2.20. The Morgan fingerprint density at radius 1 is 1.29 bits per heavy atom. The number of hydrogen-bond acceptors (Lipinski definition) is 5. The lowest BCUT2D eigenvalue weighted by atomic mass is 10.4. The van der Waals surface area contributed by atoms with Crippen LogP contribution >= 0.6 is 23.4 Å². The van der Waals surface area contributed by atoms with Gasteiger partial charge in [-0.05, 0) is 24.3 Å². The molecule has 0 N–H and O–H groups in total. The number of aryl methyl sites for hydroxylation is 1. The summed E-state index contributed by atoms with van der Waals surface area (Å²) in [5.41, 5.74) is 0. The lowest BCUT2D eigenvalue weighted by Crippen LogP contribution is -2.27. The van der Waals surface area contributed by atoms with Crippen LogP contribution in [0.1, 0.15) is 18.7 Å². The summed E-state index contributed by atoms with van der Waals surface area (Å²) in [6.45, 7) is 2.27. The highest BCUT2D eigenvalue weighted by atomic mass is 35.5. The molecule has 0 bridgehead atoms. The van der Waals surface area contributed by atoms with E-state index >= 15 is 0 Å². The number of carbonyl (C=O) groups excluding carboxylic acids is 1. The summed E-state index contributed by atoms with van der Waals surface area (Å²) < 4.78 is 5.39. The van der Waals surface area contributed by atoms with Gasteiger partial charge < -0.3 is 9.32 Å². The molecule has 1 aromatic carbocycles. The van der Waals surface area contributed by atoms with Gasteiger partial charge in [-0.2, -0.15) is 0 Å². The van der Waals surface area contributed by atoms with Crippen LogP contribution in [0.5, 0.6) is 0 Å². The molecule has 2 rings (SSSR count). The molecule has 1 aromatic heterocycles. The molecule has 1 heterocycles. The number of rotatable bonds is 6. The normalized spacial score (nSPS) is 10.6. The fourth-order valence-electron chi connectivity index (χ4n) is 1.57. The summed E-state index contributed by atoms with van der Waals surface area (Å²) >= 11 is 7.29. The van der Waals surface area contributed by atoms with E-state index in [2.05, 4.69) is 10.2 Å². The fourth-order valence-corrected chi connectivity index (χ4v) is 2.54. The predicted octanol–water partition coefficient (Wildman–Crippen LogP) is 3.04. The van der Waals surface area contributed by atoms with E-state index in [1.165, 1.54) is 11.8 Å². The van der Waals surface area contributed by atoms with E-state index in [0.29, 0.717) is 35.5 Å². The Balaban J connectivity index is 1.83. The maximum absolute atomic E-state index is 12.1. The van der Waals surface area contributed by atoms with Crippen LogP contribution in [0.2, 0.25) is 5.02 Å². The van der Waals surface area contributed by atoms with E-state index in [1.54, 1.807) is 11.9 Å². The first kappa shape index (κ1) is 15.9. The van der Waals surface area contributed by atoms with Gasteiger partial charge in [-0.1, -0.05) is 18.5 Å². The zero-order valence-electron chi connectivity index (χ0n) is 11.9. The van der Waals surface area contributed by atoms with Crippen molar-refractivity contribution < 1.29 is 9.21 Å². The highest BCUT2D eigenvalue weighted by molar-refractivity contribution is 8.00. The van der Waals surface area contributed by atoms with E-state index in [1.807, 2.05) is 31.2 Å². The van der Waals surface area contributed by atoms with Crippen molar-refractivity contribution in [3.8, 4) is 0 Å². The van der Waals surface area contributed by atoms with Gasteiger partial charge in [-0.15, -0.1) is 22.0 Å². The van der Waals surface area contributed by atoms with Crippen molar-refractivity contribution in [2.45, 2.75) is 24.8 Å². The smallest absolute Gasteiger partial charge is 0.235 e. The Labute approximate surface area is 132 Å². The van der Waals surface area contributed by atoms with Crippen molar-refractivity contribution >= 4 is 29.3 Å². The SMILES string of the molecule is CCc1nnc(CN(C)C(=O)CSc2ccc(Cl)cc2)o1. The van der Waals surface area contributed by atoms with Crippen LogP contribution in [-0.2, 0) is 17.8 Å². The van der Waals surface area contributed by atoms with Crippen molar-refractivity contribution in [3.63, 3.8) is 0 Å². The largest absolute Gasteiger partial charge is 0.423 e. The van der Waals surface area contributed by atoms with Crippen LogP contribution in [0.15, 0.2) is 33.6 Å². The molecule has 0 saturated heterocycles. The van der Waals surface area contributed by atoms with Crippen LogP contribution in [0.4, 0.5) is 0 Å². The number of hydrogen-bond donors (Lipinski definition) is 0. The van der Waals surface area contributed by atoms with E-state index in [9.17, 15) is 4.79 Å². The molecule has 0 saturated carbocycles. The van der Waals surface area contributed by atoms with Crippen molar-refractivity contribution in [2.24, 2.45) is 0 Å². The molecule has 0 atom stereocenters. The van der Waals surface area contributed by atoms with Crippen molar-refractivity contribution in [3.05, 3.63) is 41.1 Å². The van der Waals surface area contributed by atoms with Gasteiger partial charge in [-0.25, -0.2) is 0 Å². The second kappa shape index (κ2) is 7.47. The fraction of sp³-hybridized carbons (Fsp3) is 0.357. The standard InChI is InChI=1S/C14H16ClN3O2S/c1-3-12-16-17-13(20-12)8-18(2)14(19)9-21-11-6-4-10(15)5-7-11/h4-7H,3,8-9H2,1-2H3. The second-order valence-corrected chi connectivity index (χ2v) is 5.92. The average Bonchev–Trinajstić information content (AvgIpc) is 2.94. The van der Waals surface area contributed by atoms with E-state index in [4.69, 9.17) is 16.0 Å². The second-order valence-electron chi connectivity index (χ2n) is 4.44. The summed E-state index contributed by atoms with van der Waals surface area (Å²) in [7, 11) is 1.72.